The number of Topliss-reactive ketones (excluding diaryl/α,β-unsaturated/α-hetero) is 1. The van der Waals surface area contributed by atoms with Crippen molar-refractivity contribution in [3.63, 3.8) is 0 Å². The van der Waals surface area contributed by atoms with Gasteiger partial charge < -0.3 is 9.64 Å². The van der Waals surface area contributed by atoms with Gasteiger partial charge in [0.25, 0.3) is 5.91 Å². The zero-order chi connectivity index (χ0) is 29.4. The quantitative estimate of drug-likeness (QED) is 0.236. The molecule has 1 aliphatic carbocycles. The Balaban J connectivity index is 0.000000226. The number of morpholine rings is 1. The van der Waals surface area contributed by atoms with Crippen molar-refractivity contribution in [2.75, 3.05) is 13.1 Å². The maximum atomic E-state index is 13.7. The Hall–Kier alpha value is -2.68. The zero-order valence-corrected chi connectivity index (χ0v) is 24.6. The monoisotopic (exact) mass is 563 g/mol. The van der Waals surface area contributed by atoms with Crippen molar-refractivity contribution in [2.45, 2.75) is 117 Å². The van der Waals surface area contributed by atoms with Crippen LogP contribution in [0, 0.1) is 17.5 Å². The maximum absolute atomic E-state index is 13.7. The zero-order valence-electron chi connectivity index (χ0n) is 24.6. The number of unbranched alkanes of at least 4 members (excludes halogenated alkanes) is 2. The molecule has 1 amide bonds. The average molecular weight is 564 g/mol. The van der Waals surface area contributed by atoms with E-state index < -0.39 is 17.5 Å². The minimum atomic E-state index is -1.11. The lowest BCUT2D eigenvalue weighted by Crippen LogP contribution is -2.48. The van der Waals surface area contributed by atoms with Crippen molar-refractivity contribution >= 4 is 11.7 Å². The number of amides is 1. The summed E-state index contributed by atoms with van der Waals surface area (Å²) in [5.74, 6) is -2.66. The Bertz CT molecular complexity index is 1160. The van der Waals surface area contributed by atoms with Crippen LogP contribution in [-0.2, 0) is 28.9 Å². The van der Waals surface area contributed by atoms with E-state index in [9.17, 15) is 22.8 Å². The molecule has 1 aliphatic heterocycles. The predicted molar refractivity (Wildman–Crippen MR) is 149 cm³/mol. The molecule has 2 heterocycles. The van der Waals surface area contributed by atoms with Gasteiger partial charge in [-0.05, 0) is 70.4 Å². The van der Waals surface area contributed by atoms with Gasteiger partial charge in [-0.15, -0.1) is 0 Å². The smallest absolute Gasteiger partial charge is 0.274 e. The minimum Gasteiger partial charge on any atom is -0.372 e. The van der Waals surface area contributed by atoms with Crippen LogP contribution in [0.5, 0.6) is 0 Å². The molecule has 1 aromatic carbocycles. The molecule has 40 heavy (non-hydrogen) atoms. The lowest BCUT2D eigenvalue weighted by molar-refractivity contribution is -0.117. The number of fused-ring (bicyclic) bond motifs is 1. The van der Waals surface area contributed by atoms with Crippen molar-refractivity contribution in [3.8, 4) is 0 Å². The fourth-order valence-electron chi connectivity index (χ4n) is 5.81. The fraction of sp³-hybridized carbons (Fsp3) is 0.645. The molecule has 0 N–H and O–H groups in total. The maximum Gasteiger partial charge on any atom is 0.274 e. The standard InChI is InChI=1S/C16H23N3O3.C15H21F3/c1-10(20)7-19-14-6-4-5-13(14)15(17-19)16(21)18-8-11(2)22-12(3)9-18;1-3-5-6-8-11(7-4-2)12-9-14(17)15(18)10-13(12)16/h11-12H,4-9H2,1-3H3;9-11H,3-8H2,1-2H3/t11-,12+;. The molecule has 1 fully saturated rings. The van der Waals surface area contributed by atoms with Crippen molar-refractivity contribution in [3.05, 3.63) is 52.1 Å². The molecule has 2 aromatic rings. The first kappa shape index (κ1) is 31.8. The highest BCUT2D eigenvalue weighted by Crippen LogP contribution is 2.31. The Labute approximate surface area is 236 Å². The van der Waals surface area contributed by atoms with Crippen LogP contribution >= 0.6 is 0 Å². The predicted octanol–water partition coefficient (Wildman–Crippen LogP) is 6.78. The molecule has 6 nitrogen and oxygen atoms in total. The summed E-state index contributed by atoms with van der Waals surface area (Å²) in [5.41, 5.74) is 2.97. The number of ketones is 1. The number of carbonyl (C=O) groups excluding carboxylic acids is 2. The Kier molecular flexibility index (Phi) is 11.8. The lowest BCUT2D eigenvalue weighted by Gasteiger charge is -2.35. The van der Waals surface area contributed by atoms with E-state index in [0.717, 1.165) is 75.1 Å². The molecule has 222 valence electrons. The van der Waals surface area contributed by atoms with Crippen LogP contribution < -0.4 is 0 Å². The molecule has 0 spiro atoms. The summed E-state index contributed by atoms with van der Waals surface area (Å²) < 4.78 is 47.2. The summed E-state index contributed by atoms with van der Waals surface area (Å²) in [6.07, 6.45) is 8.64. The van der Waals surface area contributed by atoms with Crippen LogP contribution in [0.15, 0.2) is 12.1 Å². The van der Waals surface area contributed by atoms with Crippen molar-refractivity contribution in [2.24, 2.45) is 0 Å². The number of nitrogens with zero attached hydrogens (tertiary/aromatic N) is 3. The van der Waals surface area contributed by atoms with Gasteiger partial charge in [0, 0.05) is 30.4 Å². The molecule has 1 aromatic heterocycles. The molecule has 3 atom stereocenters. The van der Waals surface area contributed by atoms with Gasteiger partial charge in [0.1, 0.15) is 5.82 Å². The summed E-state index contributed by atoms with van der Waals surface area (Å²) in [7, 11) is 0. The van der Waals surface area contributed by atoms with Crippen LogP contribution in [0.25, 0.3) is 0 Å². The highest BCUT2D eigenvalue weighted by molar-refractivity contribution is 5.94. The van der Waals surface area contributed by atoms with E-state index in [-0.39, 0.29) is 36.4 Å². The molecule has 0 radical (unpaired) electrons. The number of carbonyl (C=O) groups is 2. The number of aromatic nitrogens is 2. The number of rotatable bonds is 10. The van der Waals surface area contributed by atoms with Gasteiger partial charge in [0.2, 0.25) is 0 Å². The van der Waals surface area contributed by atoms with Gasteiger partial charge in [-0.1, -0.05) is 39.5 Å². The highest BCUT2D eigenvalue weighted by atomic mass is 19.2. The number of ether oxygens (including phenoxy) is 1. The summed E-state index contributed by atoms with van der Waals surface area (Å²) in [5, 5.41) is 4.46. The van der Waals surface area contributed by atoms with Crippen molar-refractivity contribution in [1.29, 1.82) is 0 Å². The Morgan fingerprint density at radius 3 is 2.27 bits per heavy atom. The van der Waals surface area contributed by atoms with E-state index in [4.69, 9.17) is 4.74 Å². The van der Waals surface area contributed by atoms with Gasteiger partial charge in [-0.3, -0.25) is 14.3 Å². The first-order valence-electron chi connectivity index (χ1n) is 14.7. The number of halogens is 3. The fourth-order valence-corrected chi connectivity index (χ4v) is 5.81. The third kappa shape index (κ3) is 8.18. The molecular formula is C31H44F3N3O3. The van der Waals surface area contributed by atoms with Gasteiger partial charge >= 0.3 is 0 Å². The highest BCUT2D eigenvalue weighted by Gasteiger charge is 2.32. The molecule has 1 saturated heterocycles. The summed E-state index contributed by atoms with van der Waals surface area (Å²) >= 11 is 0. The van der Waals surface area contributed by atoms with Gasteiger partial charge in [0.15, 0.2) is 23.1 Å². The van der Waals surface area contributed by atoms with Crippen LogP contribution in [0.4, 0.5) is 13.2 Å². The Morgan fingerprint density at radius 2 is 1.65 bits per heavy atom. The SMILES string of the molecule is CC(=O)Cn1nc(C(=O)N2C[C@@H](C)O[C@@H](C)C2)c2c1CCC2.CCCCCC(CCC)c1cc(F)c(F)cc1F. The number of hydrogen-bond donors (Lipinski definition) is 0. The summed E-state index contributed by atoms with van der Waals surface area (Å²) in [6, 6.07) is 1.68. The molecule has 0 saturated carbocycles. The van der Waals surface area contributed by atoms with E-state index in [1.807, 2.05) is 25.7 Å². The van der Waals surface area contributed by atoms with E-state index in [1.54, 1.807) is 11.6 Å². The van der Waals surface area contributed by atoms with Crippen LogP contribution in [0.2, 0.25) is 0 Å². The van der Waals surface area contributed by atoms with Gasteiger partial charge in [-0.25, -0.2) is 13.2 Å². The Morgan fingerprint density at radius 1 is 0.975 bits per heavy atom. The third-order valence-electron chi connectivity index (χ3n) is 7.56. The van der Waals surface area contributed by atoms with E-state index in [0.29, 0.717) is 30.4 Å². The van der Waals surface area contributed by atoms with Gasteiger partial charge in [0.05, 0.1) is 18.8 Å². The van der Waals surface area contributed by atoms with Crippen LogP contribution in [0.1, 0.15) is 113 Å². The molecule has 2 aliphatic rings. The largest absolute Gasteiger partial charge is 0.372 e. The van der Waals surface area contributed by atoms with Crippen molar-refractivity contribution in [1.82, 2.24) is 14.7 Å². The second-order valence-electron chi connectivity index (χ2n) is 11.2. The van der Waals surface area contributed by atoms with E-state index in [2.05, 4.69) is 12.0 Å². The molecule has 0 bridgehead atoms. The summed E-state index contributed by atoms with van der Waals surface area (Å²) in [4.78, 5) is 26.1. The van der Waals surface area contributed by atoms with E-state index >= 15 is 0 Å². The second-order valence-corrected chi connectivity index (χ2v) is 11.2. The van der Waals surface area contributed by atoms with Crippen molar-refractivity contribution < 1.29 is 27.5 Å². The molecule has 1 unspecified atom stereocenters. The lowest BCUT2D eigenvalue weighted by atomic mass is 9.89. The second kappa shape index (κ2) is 14.8. The number of benzene rings is 1. The van der Waals surface area contributed by atoms with Gasteiger partial charge in [-0.2, -0.15) is 5.10 Å². The molecule has 4 rings (SSSR count). The molecular weight excluding hydrogens is 519 g/mol. The third-order valence-corrected chi connectivity index (χ3v) is 7.56. The van der Waals surface area contributed by atoms with Crippen LogP contribution in [-0.4, -0.2) is 51.7 Å². The van der Waals surface area contributed by atoms with E-state index in [1.165, 1.54) is 0 Å². The first-order chi connectivity index (χ1) is 19.0. The molecule has 9 heteroatoms. The van der Waals surface area contributed by atoms with Crippen LogP contribution in [0.3, 0.4) is 0 Å². The topological polar surface area (TPSA) is 64.4 Å². The normalized spacial score (nSPS) is 19.1. The summed E-state index contributed by atoms with van der Waals surface area (Å²) in [6.45, 7) is 11.1. The first-order valence-corrected chi connectivity index (χ1v) is 14.7. The minimum absolute atomic E-state index is 0.00310. The number of hydrogen-bond acceptors (Lipinski definition) is 4. The average Bonchev–Trinajstić information content (AvgIpc) is 3.49.